The molecule has 0 spiro atoms. The molecule has 0 atom stereocenters. The molecule has 4 heteroatoms. The van der Waals surface area contributed by atoms with Crippen molar-refractivity contribution in [2.75, 3.05) is 6.54 Å². The SMILES string of the molecule is C=CCNC(=O)N/C=C/c1ccc(F)cc1. The number of halogens is 1. The Morgan fingerprint density at radius 2 is 2.06 bits per heavy atom. The quantitative estimate of drug-likeness (QED) is 0.751. The number of benzene rings is 1. The molecule has 2 N–H and O–H groups in total. The molecule has 0 bridgehead atoms. The first-order valence-corrected chi connectivity index (χ1v) is 4.80. The van der Waals surface area contributed by atoms with E-state index in [1.807, 2.05) is 0 Å². The lowest BCUT2D eigenvalue weighted by atomic mass is 10.2. The average molecular weight is 220 g/mol. The molecule has 0 saturated carbocycles. The zero-order valence-corrected chi connectivity index (χ0v) is 8.74. The zero-order valence-electron chi connectivity index (χ0n) is 8.74. The topological polar surface area (TPSA) is 41.1 Å². The minimum Gasteiger partial charge on any atom is -0.334 e. The second kappa shape index (κ2) is 6.40. The zero-order chi connectivity index (χ0) is 11.8. The van der Waals surface area contributed by atoms with Gasteiger partial charge in [-0.25, -0.2) is 9.18 Å². The van der Waals surface area contributed by atoms with Gasteiger partial charge in [0.25, 0.3) is 0 Å². The number of carbonyl (C=O) groups is 1. The lowest BCUT2D eigenvalue weighted by molar-refractivity contribution is 0.245. The van der Waals surface area contributed by atoms with Crippen molar-refractivity contribution in [1.82, 2.24) is 10.6 Å². The standard InChI is InChI=1S/C12H13FN2O/c1-2-8-14-12(16)15-9-7-10-3-5-11(13)6-4-10/h2-7,9H,1,8H2,(H2,14,15,16)/b9-7+. The fourth-order valence-corrected chi connectivity index (χ4v) is 1.00. The molecule has 0 fully saturated rings. The van der Waals surface area contributed by atoms with E-state index in [-0.39, 0.29) is 11.8 Å². The van der Waals surface area contributed by atoms with Crippen LogP contribution in [-0.4, -0.2) is 12.6 Å². The third kappa shape index (κ3) is 4.41. The summed E-state index contributed by atoms with van der Waals surface area (Å²) in [7, 11) is 0. The third-order valence-electron chi connectivity index (χ3n) is 1.77. The van der Waals surface area contributed by atoms with Crippen LogP contribution in [0.5, 0.6) is 0 Å². The summed E-state index contributed by atoms with van der Waals surface area (Å²) < 4.78 is 12.6. The molecule has 3 nitrogen and oxygen atoms in total. The van der Waals surface area contributed by atoms with Gasteiger partial charge in [0, 0.05) is 12.7 Å². The minimum absolute atomic E-state index is 0.283. The summed E-state index contributed by atoms with van der Waals surface area (Å²) in [6, 6.07) is 5.65. The molecule has 0 aliphatic heterocycles. The predicted octanol–water partition coefficient (Wildman–Crippen LogP) is 2.28. The van der Waals surface area contributed by atoms with Crippen molar-refractivity contribution in [2.45, 2.75) is 0 Å². The molecule has 1 rings (SSSR count). The van der Waals surface area contributed by atoms with E-state index < -0.39 is 0 Å². The van der Waals surface area contributed by atoms with Gasteiger partial charge >= 0.3 is 6.03 Å². The number of nitrogens with one attached hydrogen (secondary N) is 2. The fourth-order valence-electron chi connectivity index (χ4n) is 1.00. The molecule has 0 unspecified atom stereocenters. The maximum absolute atomic E-state index is 12.6. The fraction of sp³-hybridized carbons (Fsp3) is 0.0833. The first-order valence-electron chi connectivity index (χ1n) is 4.80. The summed E-state index contributed by atoms with van der Waals surface area (Å²) in [4.78, 5) is 11.1. The normalized spacial score (nSPS) is 10.1. The molecular weight excluding hydrogens is 207 g/mol. The van der Waals surface area contributed by atoms with Crippen molar-refractivity contribution in [1.29, 1.82) is 0 Å². The van der Waals surface area contributed by atoms with Crippen LogP contribution in [0, 0.1) is 5.82 Å². The molecule has 2 amide bonds. The smallest absolute Gasteiger partial charge is 0.319 e. The van der Waals surface area contributed by atoms with Gasteiger partial charge in [-0.05, 0) is 23.8 Å². The average Bonchev–Trinajstić information content (AvgIpc) is 2.29. The number of carbonyl (C=O) groups excluding carboxylic acids is 1. The molecule has 1 aromatic carbocycles. The molecule has 0 aliphatic carbocycles. The lowest BCUT2D eigenvalue weighted by Gasteiger charge is -2.00. The first-order chi connectivity index (χ1) is 7.72. The van der Waals surface area contributed by atoms with E-state index in [1.165, 1.54) is 18.3 Å². The van der Waals surface area contributed by atoms with Gasteiger partial charge in [0.15, 0.2) is 0 Å². The number of amides is 2. The van der Waals surface area contributed by atoms with Gasteiger partial charge in [0.05, 0.1) is 0 Å². The van der Waals surface area contributed by atoms with Crippen LogP contribution in [0.15, 0.2) is 43.1 Å². The molecule has 0 saturated heterocycles. The van der Waals surface area contributed by atoms with Crippen LogP contribution in [0.3, 0.4) is 0 Å². The van der Waals surface area contributed by atoms with Crippen molar-refractivity contribution >= 4 is 12.1 Å². The number of urea groups is 1. The Morgan fingerprint density at radius 3 is 2.69 bits per heavy atom. The second-order valence-electron chi connectivity index (χ2n) is 3.03. The van der Waals surface area contributed by atoms with Gasteiger partial charge in [-0.2, -0.15) is 0 Å². The Morgan fingerprint density at radius 1 is 1.38 bits per heavy atom. The molecular formula is C12H13FN2O. The van der Waals surface area contributed by atoms with Crippen molar-refractivity contribution in [3.05, 3.63) is 54.5 Å². The Bertz CT molecular complexity index is 385. The van der Waals surface area contributed by atoms with Gasteiger partial charge in [0.2, 0.25) is 0 Å². The van der Waals surface area contributed by atoms with Gasteiger partial charge < -0.3 is 10.6 Å². The monoisotopic (exact) mass is 220 g/mol. The van der Waals surface area contributed by atoms with E-state index in [0.29, 0.717) is 6.54 Å². The highest BCUT2D eigenvalue weighted by Gasteiger charge is 1.92. The molecule has 1 aromatic rings. The summed E-state index contributed by atoms with van der Waals surface area (Å²) in [5, 5.41) is 5.06. The summed E-state index contributed by atoms with van der Waals surface area (Å²) >= 11 is 0. The van der Waals surface area contributed by atoms with E-state index in [0.717, 1.165) is 5.56 Å². The maximum Gasteiger partial charge on any atom is 0.319 e. The molecule has 84 valence electrons. The van der Waals surface area contributed by atoms with Gasteiger partial charge in [-0.3, -0.25) is 0 Å². The summed E-state index contributed by atoms with van der Waals surface area (Å²) in [6.45, 7) is 3.89. The first kappa shape index (κ1) is 12.0. The van der Waals surface area contributed by atoms with E-state index in [1.54, 1.807) is 24.3 Å². The molecule has 0 aromatic heterocycles. The van der Waals surface area contributed by atoms with E-state index in [4.69, 9.17) is 0 Å². The minimum atomic E-state index is -0.307. The lowest BCUT2D eigenvalue weighted by Crippen LogP contribution is -2.31. The second-order valence-corrected chi connectivity index (χ2v) is 3.03. The van der Waals surface area contributed by atoms with Crippen LogP contribution in [0.2, 0.25) is 0 Å². The van der Waals surface area contributed by atoms with Crippen LogP contribution in [-0.2, 0) is 0 Å². The van der Waals surface area contributed by atoms with Gasteiger partial charge in [-0.1, -0.05) is 18.2 Å². The Balaban J connectivity index is 2.39. The largest absolute Gasteiger partial charge is 0.334 e. The number of rotatable bonds is 4. The number of hydrogen-bond donors (Lipinski definition) is 2. The van der Waals surface area contributed by atoms with Crippen LogP contribution >= 0.6 is 0 Å². The molecule has 16 heavy (non-hydrogen) atoms. The molecule has 0 aliphatic rings. The highest BCUT2D eigenvalue weighted by Crippen LogP contribution is 2.03. The van der Waals surface area contributed by atoms with E-state index in [2.05, 4.69) is 17.2 Å². The van der Waals surface area contributed by atoms with Crippen molar-refractivity contribution in [3.8, 4) is 0 Å². The summed E-state index contributed by atoms with van der Waals surface area (Å²) in [6.07, 6.45) is 4.75. The van der Waals surface area contributed by atoms with Crippen molar-refractivity contribution in [2.24, 2.45) is 0 Å². The summed E-state index contributed by atoms with van der Waals surface area (Å²) in [5.74, 6) is -0.283. The Hall–Kier alpha value is -2.10. The van der Waals surface area contributed by atoms with Crippen molar-refractivity contribution in [3.63, 3.8) is 0 Å². The van der Waals surface area contributed by atoms with Crippen LogP contribution in [0.4, 0.5) is 9.18 Å². The Labute approximate surface area is 93.7 Å². The van der Waals surface area contributed by atoms with Gasteiger partial charge in [0.1, 0.15) is 5.82 Å². The van der Waals surface area contributed by atoms with Crippen LogP contribution in [0.25, 0.3) is 6.08 Å². The highest BCUT2D eigenvalue weighted by atomic mass is 19.1. The predicted molar refractivity (Wildman–Crippen MR) is 62.2 cm³/mol. The van der Waals surface area contributed by atoms with Crippen LogP contribution < -0.4 is 10.6 Å². The Kier molecular flexibility index (Phi) is 4.79. The number of hydrogen-bond acceptors (Lipinski definition) is 1. The van der Waals surface area contributed by atoms with Crippen molar-refractivity contribution < 1.29 is 9.18 Å². The molecule has 0 radical (unpaired) electrons. The third-order valence-corrected chi connectivity index (χ3v) is 1.77. The summed E-state index contributed by atoms with van der Waals surface area (Å²) in [5.41, 5.74) is 0.811. The van der Waals surface area contributed by atoms with Crippen LogP contribution in [0.1, 0.15) is 5.56 Å². The van der Waals surface area contributed by atoms with E-state index >= 15 is 0 Å². The highest BCUT2D eigenvalue weighted by molar-refractivity contribution is 5.75. The maximum atomic E-state index is 12.6. The molecule has 0 heterocycles. The van der Waals surface area contributed by atoms with E-state index in [9.17, 15) is 9.18 Å². The van der Waals surface area contributed by atoms with Gasteiger partial charge in [-0.15, -0.1) is 6.58 Å².